The van der Waals surface area contributed by atoms with Crippen LogP contribution in [0.5, 0.6) is 0 Å². The van der Waals surface area contributed by atoms with E-state index in [1.807, 2.05) is 12.5 Å². The first-order chi connectivity index (χ1) is 8.38. The molecule has 0 aromatic carbocycles. The average molecular weight is 292 g/mol. The van der Waals surface area contributed by atoms with E-state index in [1.54, 1.807) is 0 Å². The summed E-state index contributed by atoms with van der Waals surface area (Å²) < 4.78 is 2.13. The molecule has 1 aliphatic carbocycles. The van der Waals surface area contributed by atoms with Gasteiger partial charge < -0.3 is 0 Å². The van der Waals surface area contributed by atoms with Gasteiger partial charge in [-0.25, -0.2) is 9.97 Å². The number of aromatic nitrogens is 3. The predicted molar refractivity (Wildman–Crippen MR) is 70.6 cm³/mol. The topological polar surface area (TPSA) is 30.7 Å². The molecule has 0 atom stereocenters. The molecule has 0 radical (unpaired) electrons. The summed E-state index contributed by atoms with van der Waals surface area (Å²) in [6.07, 6.45) is 8.59. The maximum Gasteiger partial charge on any atom is 0.138 e. The number of fused-ring (bicyclic) bond motifs is 1. The monoisotopic (exact) mass is 291 g/mol. The van der Waals surface area contributed by atoms with Crippen molar-refractivity contribution in [1.29, 1.82) is 0 Å². The summed E-state index contributed by atoms with van der Waals surface area (Å²) in [5.41, 5.74) is 3.79. The normalized spacial score (nSPS) is 14.6. The second kappa shape index (κ2) is 4.61. The average Bonchev–Trinajstić information content (AvgIpc) is 2.83. The molecule has 0 spiro atoms. The van der Waals surface area contributed by atoms with Crippen LogP contribution in [-0.2, 0) is 18.2 Å². The molecular formula is C13H14BrN3. The zero-order chi connectivity index (χ0) is 11.7. The van der Waals surface area contributed by atoms with Gasteiger partial charge in [-0.3, -0.25) is 4.57 Å². The van der Waals surface area contributed by atoms with Gasteiger partial charge in [-0.1, -0.05) is 22.0 Å². The third-order valence-electron chi connectivity index (χ3n) is 3.24. The Morgan fingerprint density at radius 2 is 2.06 bits per heavy atom. The van der Waals surface area contributed by atoms with Gasteiger partial charge in [0.25, 0.3) is 0 Å². The van der Waals surface area contributed by atoms with E-state index >= 15 is 0 Å². The van der Waals surface area contributed by atoms with Crippen LogP contribution >= 0.6 is 15.9 Å². The van der Waals surface area contributed by atoms with Gasteiger partial charge in [0.15, 0.2) is 0 Å². The second-order valence-electron chi connectivity index (χ2n) is 4.37. The summed E-state index contributed by atoms with van der Waals surface area (Å²) in [6.45, 7) is 0. The molecule has 4 heteroatoms. The summed E-state index contributed by atoms with van der Waals surface area (Å²) in [5, 5.41) is 0.850. The molecule has 2 aromatic heterocycles. The van der Waals surface area contributed by atoms with Crippen molar-refractivity contribution in [2.45, 2.75) is 31.0 Å². The standard InChI is InChI=1S/C13H14BrN3/c14-7-10-5-6-13(15-8-10)17-9-16-11-3-1-2-4-12(11)17/h5-6,8-9H,1-4,7H2. The van der Waals surface area contributed by atoms with Gasteiger partial charge in [0, 0.05) is 17.2 Å². The number of nitrogens with zero attached hydrogens (tertiary/aromatic N) is 3. The Kier molecular flexibility index (Phi) is 2.97. The van der Waals surface area contributed by atoms with Gasteiger partial charge in [0.1, 0.15) is 12.1 Å². The minimum atomic E-state index is 0.850. The molecule has 0 N–H and O–H groups in total. The van der Waals surface area contributed by atoms with E-state index in [9.17, 15) is 0 Å². The van der Waals surface area contributed by atoms with E-state index in [-0.39, 0.29) is 0 Å². The van der Waals surface area contributed by atoms with Crippen LogP contribution in [-0.4, -0.2) is 14.5 Å². The maximum atomic E-state index is 4.49. The highest BCUT2D eigenvalue weighted by Crippen LogP contribution is 2.22. The first kappa shape index (κ1) is 11.0. The summed E-state index contributed by atoms with van der Waals surface area (Å²) >= 11 is 3.43. The van der Waals surface area contributed by atoms with Gasteiger partial charge in [-0.15, -0.1) is 0 Å². The van der Waals surface area contributed by atoms with Crippen molar-refractivity contribution < 1.29 is 0 Å². The number of aryl methyl sites for hydroxylation is 1. The van der Waals surface area contributed by atoms with Crippen molar-refractivity contribution in [3.05, 3.63) is 41.6 Å². The van der Waals surface area contributed by atoms with E-state index in [2.05, 4.69) is 42.6 Å². The summed E-state index contributed by atoms with van der Waals surface area (Å²) in [6, 6.07) is 4.17. The Morgan fingerprint density at radius 1 is 1.18 bits per heavy atom. The van der Waals surface area contributed by atoms with Crippen LogP contribution in [0, 0.1) is 0 Å². The first-order valence-electron chi connectivity index (χ1n) is 5.95. The van der Waals surface area contributed by atoms with Gasteiger partial charge >= 0.3 is 0 Å². The molecule has 88 valence electrons. The lowest BCUT2D eigenvalue weighted by atomic mass is 10.0. The smallest absolute Gasteiger partial charge is 0.138 e. The van der Waals surface area contributed by atoms with E-state index < -0.39 is 0 Å². The lowest BCUT2D eigenvalue weighted by Gasteiger charge is -2.13. The Morgan fingerprint density at radius 3 is 2.82 bits per heavy atom. The number of rotatable bonds is 2. The molecule has 0 amide bonds. The lowest BCUT2D eigenvalue weighted by molar-refractivity contribution is 0.654. The Labute approximate surface area is 109 Å². The molecule has 17 heavy (non-hydrogen) atoms. The molecule has 3 nitrogen and oxygen atoms in total. The fourth-order valence-electron chi connectivity index (χ4n) is 2.30. The third kappa shape index (κ3) is 2.02. The van der Waals surface area contributed by atoms with Crippen LogP contribution in [0.15, 0.2) is 24.7 Å². The van der Waals surface area contributed by atoms with Gasteiger partial charge in [0.2, 0.25) is 0 Å². The van der Waals surface area contributed by atoms with E-state index in [0.717, 1.165) is 24.0 Å². The van der Waals surface area contributed by atoms with Crippen molar-refractivity contribution in [3.63, 3.8) is 0 Å². The fraction of sp³-hybridized carbons (Fsp3) is 0.385. The molecular weight excluding hydrogens is 278 g/mol. The second-order valence-corrected chi connectivity index (χ2v) is 4.93. The third-order valence-corrected chi connectivity index (χ3v) is 3.89. The first-order valence-corrected chi connectivity index (χ1v) is 7.07. The van der Waals surface area contributed by atoms with E-state index in [1.165, 1.54) is 29.8 Å². The molecule has 3 rings (SSSR count). The fourth-order valence-corrected chi connectivity index (χ4v) is 2.64. The maximum absolute atomic E-state index is 4.49. The molecule has 0 unspecified atom stereocenters. The molecule has 0 aliphatic heterocycles. The molecule has 2 aromatic rings. The van der Waals surface area contributed by atoms with Gasteiger partial charge in [0.05, 0.1) is 5.69 Å². The number of hydrogen-bond donors (Lipinski definition) is 0. The lowest BCUT2D eigenvalue weighted by Crippen LogP contribution is -2.07. The molecule has 0 fully saturated rings. The Balaban J connectivity index is 2.00. The number of hydrogen-bond acceptors (Lipinski definition) is 2. The highest BCUT2D eigenvalue weighted by molar-refractivity contribution is 9.08. The Bertz CT molecular complexity index is 516. The highest BCUT2D eigenvalue weighted by atomic mass is 79.9. The van der Waals surface area contributed by atoms with Gasteiger partial charge in [-0.2, -0.15) is 0 Å². The van der Waals surface area contributed by atoms with Gasteiger partial charge in [-0.05, 0) is 37.3 Å². The van der Waals surface area contributed by atoms with Crippen molar-refractivity contribution >= 4 is 15.9 Å². The molecule has 0 bridgehead atoms. The van der Waals surface area contributed by atoms with Crippen molar-refractivity contribution in [1.82, 2.24) is 14.5 Å². The van der Waals surface area contributed by atoms with Crippen LogP contribution in [0.25, 0.3) is 5.82 Å². The number of imidazole rings is 1. The van der Waals surface area contributed by atoms with E-state index in [0.29, 0.717) is 0 Å². The summed E-state index contributed by atoms with van der Waals surface area (Å²) in [5.74, 6) is 0.977. The molecule has 0 saturated heterocycles. The molecule has 2 heterocycles. The summed E-state index contributed by atoms with van der Waals surface area (Å²) in [7, 11) is 0. The number of pyridine rings is 1. The molecule has 0 saturated carbocycles. The predicted octanol–water partition coefficient (Wildman–Crippen LogP) is 3.04. The zero-order valence-corrected chi connectivity index (χ0v) is 11.2. The van der Waals surface area contributed by atoms with Crippen molar-refractivity contribution in [2.24, 2.45) is 0 Å². The van der Waals surface area contributed by atoms with Crippen LogP contribution < -0.4 is 0 Å². The minimum absolute atomic E-state index is 0.850. The Hall–Kier alpha value is -1.16. The highest BCUT2D eigenvalue weighted by Gasteiger charge is 2.16. The number of halogens is 1. The zero-order valence-electron chi connectivity index (χ0n) is 9.56. The summed E-state index contributed by atoms with van der Waals surface area (Å²) in [4.78, 5) is 8.98. The SMILES string of the molecule is BrCc1ccc(-n2cnc3c2CCCC3)nc1. The van der Waals surface area contributed by atoms with Crippen LogP contribution in [0.3, 0.4) is 0 Å². The van der Waals surface area contributed by atoms with Crippen LogP contribution in [0.2, 0.25) is 0 Å². The molecule has 1 aliphatic rings. The van der Waals surface area contributed by atoms with E-state index in [4.69, 9.17) is 0 Å². The van der Waals surface area contributed by atoms with Crippen molar-refractivity contribution in [2.75, 3.05) is 0 Å². The largest absolute Gasteiger partial charge is 0.287 e. The quantitative estimate of drug-likeness (QED) is 0.797. The van der Waals surface area contributed by atoms with Crippen LogP contribution in [0.1, 0.15) is 29.8 Å². The minimum Gasteiger partial charge on any atom is -0.287 e. The number of alkyl halides is 1. The van der Waals surface area contributed by atoms with Crippen LogP contribution in [0.4, 0.5) is 0 Å². The van der Waals surface area contributed by atoms with Crippen molar-refractivity contribution in [3.8, 4) is 5.82 Å².